The molecule has 0 fully saturated rings. The van der Waals surface area contributed by atoms with Gasteiger partial charge < -0.3 is 5.11 Å². The van der Waals surface area contributed by atoms with Gasteiger partial charge in [-0.1, -0.05) is 12.1 Å². The summed E-state index contributed by atoms with van der Waals surface area (Å²) in [6.07, 6.45) is 0. The normalized spacial score (nSPS) is 10.0. The molecule has 0 aliphatic carbocycles. The predicted octanol–water partition coefficient (Wildman–Crippen LogP) is 3.69. The van der Waals surface area contributed by atoms with E-state index < -0.39 is 11.8 Å². The lowest BCUT2D eigenvalue weighted by atomic mass is 10.2. The number of nitrogens with zero attached hydrogens (tertiary/aromatic N) is 1. The molecule has 0 saturated heterocycles. The summed E-state index contributed by atoms with van der Waals surface area (Å²) in [4.78, 5) is 11.1. The average molecular weight is 287 g/mol. The Hall–Kier alpha value is -2.32. The lowest BCUT2D eigenvalue weighted by molar-refractivity contribution is 0.0696. The van der Waals surface area contributed by atoms with E-state index in [-0.39, 0.29) is 10.5 Å². The number of hydrogen-bond donors (Lipinski definition) is 1. The molecule has 2 rings (SSSR count). The van der Waals surface area contributed by atoms with E-state index in [1.165, 1.54) is 23.9 Å². The number of hydrogen-bond acceptors (Lipinski definition) is 3. The molecule has 0 bridgehead atoms. The maximum atomic E-state index is 13.6. The molecule has 100 valence electrons. The molecular weight excluding hydrogens is 277 g/mol. The van der Waals surface area contributed by atoms with E-state index in [0.717, 1.165) is 11.6 Å². The van der Waals surface area contributed by atoms with Crippen molar-refractivity contribution in [2.75, 3.05) is 0 Å². The van der Waals surface area contributed by atoms with Gasteiger partial charge in [0.2, 0.25) is 0 Å². The second-order valence-electron chi connectivity index (χ2n) is 4.05. The number of carbonyl (C=O) groups is 1. The fraction of sp³-hybridized carbons (Fsp3) is 0.0667. The minimum absolute atomic E-state index is 0.0553. The largest absolute Gasteiger partial charge is 0.478 e. The molecule has 0 aliphatic heterocycles. The maximum absolute atomic E-state index is 13.6. The number of halogens is 1. The van der Waals surface area contributed by atoms with Crippen molar-refractivity contribution in [1.82, 2.24) is 0 Å². The second-order valence-corrected chi connectivity index (χ2v) is 5.07. The molecule has 1 N–H and O–H groups in total. The van der Waals surface area contributed by atoms with E-state index >= 15 is 0 Å². The van der Waals surface area contributed by atoms with Gasteiger partial charge in [0.1, 0.15) is 5.82 Å². The lowest BCUT2D eigenvalue weighted by Crippen LogP contribution is -1.97. The quantitative estimate of drug-likeness (QED) is 0.871. The van der Waals surface area contributed by atoms with Gasteiger partial charge in [0.05, 0.1) is 17.2 Å². The van der Waals surface area contributed by atoms with Crippen LogP contribution in [0.25, 0.3) is 0 Å². The van der Waals surface area contributed by atoms with Gasteiger partial charge in [0.15, 0.2) is 0 Å². The van der Waals surface area contributed by atoms with Gasteiger partial charge in [-0.3, -0.25) is 0 Å². The van der Waals surface area contributed by atoms with Crippen molar-refractivity contribution in [2.24, 2.45) is 0 Å². The molecule has 0 radical (unpaired) electrons. The minimum Gasteiger partial charge on any atom is -0.478 e. The van der Waals surface area contributed by atoms with Crippen LogP contribution in [-0.4, -0.2) is 11.1 Å². The van der Waals surface area contributed by atoms with Crippen LogP contribution < -0.4 is 0 Å². The third-order valence-electron chi connectivity index (χ3n) is 2.63. The molecule has 5 heteroatoms. The zero-order valence-corrected chi connectivity index (χ0v) is 11.2. The summed E-state index contributed by atoms with van der Waals surface area (Å²) in [6, 6.07) is 12.8. The first kappa shape index (κ1) is 14.1. The zero-order chi connectivity index (χ0) is 14.5. The predicted molar refractivity (Wildman–Crippen MR) is 74.1 cm³/mol. The Kier molecular flexibility index (Phi) is 4.38. The van der Waals surface area contributed by atoms with Crippen molar-refractivity contribution in [2.45, 2.75) is 10.6 Å². The molecule has 0 saturated carbocycles. The lowest BCUT2D eigenvalue weighted by Gasteiger charge is -2.05. The van der Waals surface area contributed by atoms with Crippen LogP contribution in [-0.2, 0) is 5.75 Å². The molecule has 0 heterocycles. The Morgan fingerprint density at radius 3 is 2.80 bits per heavy atom. The van der Waals surface area contributed by atoms with Crippen molar-refractivity contribution >= 4 is 17.7 Å². The summed E-state index contributed by atoms with van der Waals surface area (Å²) >= 11 is 1.20. The van der Waals surface area contributed by atoms with Crippen molar-refractivity contribution in [3.8, 4) is 6.07 Å². The third kappa shape index (κ3) is 3.37. The van der Waals surface area contributed by atoms with Gasteiger partial charge >= 0.3 is 5.97 Å². The highest BCUT2D eigenvalue weighted by molar-refractivity contribution is 7.98. The van der Waals surface area contributed by atoms with Gasteiger partial charge in [-0.25, -0.2) is 9.18 Å². The number of thioether (sulfide) groups is 1. The van der Waals surface area contributed by atoms with E-state index in [0.29, 0.717) is 11.3 Å². The zero-order valence-electron chi connectivity index (χ0n) is 10.3. The van der Waals surface area contributed by atoms with Crippen molar-refractivity contribution in [3.05, 3.63) is 65.0 Å². The van der Waals surface area contributed by atoms with Crippen LogP contribution in [0.5, 0.6) is 0 Å². The highest BCUT2D eigenvalue weighted by Crippen LogP contribution is 2.26. The summed E-state index contributed by atoms with van der Waals surface area (Å²) in [6.45, 7) is 0. The number of benzene rings is 2. The molecule has 0 unspecified atom stereocenters. The Balaban J connectivity index is 2.16. The van der Waals surface area contributed by atoms with E-state index in [1.807, 2.05) is 12.1 Å². The highest BCUT2D eigenvalue weighted by atomic mass is 32.2. The number of carboxylic acids is 1. The number of nitriles is 1. The van der Waals surface area contributed by atoms with E-state index in [9.17, 15) is 9.18 Å². The summed E-state index contributed by atoms with van der Waals surface area (Å²) in [5.74, 6) is -1.06. The first-order chi connectivity index (χ1) is 9.60. The fourth-order valence-corrected chi connectivity index (χ4v) is 2.56. The van der Waals surface area contributed by atoms with E-state index in [1.54, 1.807) is 18.2 Å². The Morgan fingerprint density at radius 2 is 2.10 bits per heavy atom. The van der Waals surface area contributed by atoms with Crippen LogP contribution in [0.3, 0.4) is 0 Å². The number of carboxylic acid groups (broad SMARTS) is 1. The summed E-state index contributed by atoms with van der Waals surface area (Å²) in [5.41, 5.74) is 1.48. The molecule has 0 spiro atoms. The molecular formula is C15H10FNO2S. The summed E-state index contributed by atoms with van der Waals surface area (Å²) in [5, 5.41) is 17.7. The van der Waals surface area contributed by atoms with Gasteiger partial charge in [0.25, 0.3) is 0 Å². The SMILES string of the molecule is N#Cc1cccc(CSc2cc(C(=O)O)ccc2F)c1. The van der Waals surface area contributed by atoms with Crippen molar-refractivity contribution in [1.29, 1.82) is 5.26 Å². The van der Waals surface area contributed by atoms with Crippen LogP contribution >= 0.6 is 11.8 Å². The van der Waals surface area contributed by atoms with Crippen LogP contribution in [0, 0.1) is 17.1 Å². The van der Waals surface area contributed by atoms with Gasteiger partial charge in [-0.05, 0) is 35.9 Å². The molecule has 0 atom stereocenters. The standard InChI is InChI=1S/C15H10FNO2S/c16-13-5-4-12(15(18)19)7-14(13)20-9-11-3-1-2-10(6-11)8-17/h1-7H,9H2,(H,18,19). The van der Waals surface area contributed by atoms with Crippen LogP contribution in [0.4, 0.5) is 4.39 Å². The summed E-state index contributed by atoms with van der Waals surface area (Å²) < 4.78 is 13.6. The van der Waals surface area contributed by atoms with Crippen LogP contribution in [0.15, 0.2) is 47.4 Å². The molecule has 2 aromatic rings. The van der Waals surface area contributed by atoms with Gasteiger partial charge in [-0.2, -0.15) is 5.26 Å². The van der Waals surface area contributed by atoms with E-state index in [2.05, 4.69) is 0 Å². The highest BCUT2D eigenvalue weighted by Gasteiger charge is 2.09. The van der Waals surface area contributed by atoms with Crippen LogP contribution in [0.1, 0.15) is 21.5 Å². The third-order valence-corrected chi connectivity index (χ3v) is 3.73. The van der Waals surface area contributed by atoms with Crippen molar-refractivity contribution < 1.29 is 14.3 Å². The topological polar surface area (TPSA) is 61.1 Å². The molecule has 20 heavy (non-hydrogen) atoms. The number of aromatic carboxylic acids is 1. The Morgan fingerprint density at radius 1 is 1.30 bits per heavy atom. The fourth-order valence-electron chi connectivity index (χ4n) is 1.64. The second kappa shape index (κ2) is 6.22. The summed E-state index contributed by atoms with van der Waals surface area (Å²) in [7, 11) is 0. The first-order valence-corrected chi connectivity index (χ1v) is 6.73. The molecule has 0 aromatic heterocycles. The smallest absolute Gasteiger partial charge is 0.335 e. The van der Waals surface area contributed by atoms with Gasteiger partial charge in [-0.15, -0.1) is 11.8 Å². The first-order valence-electron chi connectivity index (χ1n) is 5.75. The molecule has 0 aliphatic rings. The molecule has 0 amide bonds. The minimum atomic E-state index is -1.08. The van der Waals surface area contributed by atoms with Crippen LogP contribution in [0.2, 0.25) is 0 Å². The van der Waals surface area contributed by atoms with E-state index in [4.69, 9.17) is 10.4 Å². The Labute approximate surface area is 119 Å². The number of rotatable bonds is 4. The molecule has 2 aromatic carbocycles. The maximum Gasteiger partial charge on any atom is 0.335 e. The van der Waals surface area contributed by atoms with Gasteiger partial charge in [0, 0.05) is 10.6 Å². The Bertz CT molecular complexity index is 695. The average Bonchev–Trinajstić information content (AvgIpc) is 2.46. The monoisotopic (exact) mass is 287 g/mol. The van der Waals surface area contributed by atoms with Crippen molar-refractivity contribution in [3.63, 3.8) is 0 Å². The molecule has 3 nitrogen and oxygen atoms in total.